The summed E-state index contributed by atoms with van der Waals surface area (Å²) in [7, 11) is 0. The van der Waals surface area contributed by atoms with Crippen molar-refractivity contribution in [3.8, 4) is 17.5 Å². The van der Waals surface area contributed by atoms with Gasteiger partial charge in [-0.3, -0.25) is 0 Å². The first-order valence-electron chi connectivity index (χ1n) is 4.65. The van der Waals surface area contributed by atoms with E-state index >= 15 is 0 Å². The standard InChI is InChI=1S/C9H14N2O5.ClH/c10-6-5-7(14)9(16-4-2-13)11-8(6)15-3-1-12;/h5,12-14H,1-4,10H2;1H. The lowest BCUT2D eigenvalue weighted by Gasteiger charge is -2.10. The number of aromatic hydroxyl groups is 1. The zero-order valence-electron chi connectivity index (χ0n) is 9.00. The van der Waals surface area contributed by atoms with Crippen LogP contribution in [-0.4, -0.2) is 46.7 Å². The molecule has 1 aromatic heterocycles. The fourth-order valence-corrected chi connectivity index (χ4v) is 0.991. The molecule has 0 amide bonds. The van der Waals surface area contributed by atoms with Gasteiger partial charge in [-0.1, -0.05) is 0 Å². The Morgan fingerprint density at radius 3 is 2.18 bits per heavy atom. The van der Waals surface area contributed by atoms with Crippen molar-refractivity contribution in [3.63, 3.8) is 0 Å². The van der Waals surface area contributed by atoms with Crippen molar-refractivity contribution in [1.82, 2.24) is 4.98 Å². The van der Waals surface area contributed by atoms with Crippen LogP contribution in [0.1, 0.15) is 0 Å². The average molecular weight is 267 g/mol. The third-order valence-corrected chi connectivity index (χ3v) is 1.62. The second-order valence-corrected chi connectivity index (χ2v) is 2.85. The number of nitrogens with two attached hydrogens (primary N) is 1. The molecule has 0 aromatic carbocycles. The molecule has 0 aliphatic rings. The van der Waals surface area contributed by atoms with E-state index < -0.39 is 0 Å². The molecule has 0 spiro atoms. The highest BCUT2D eigenvalue weighted by atomic mass is 35.5. The normalized spacial score (nSPS) is 9.53. The van der Waals surface area contributed by atoms with Crippen molar-refractivity contribution in [1.29, 1.82) is 0 Å². The molecule has 0 aliphatic carbocycles. The summed E-state index contributed by atoms with van der Waals surface area (Å²) < 4.78 is 9.97. The van der Waals surface area contributed by atoms with E-state index in [0.717, 1.165) is 0 Å². The number of ether oxygens (including phenoxy) is 2. The monoisotopic (exact) mass is 266 g/mol. The van der Waals surface area contributed by atoms with Gasteiger partial charge in [-0.05, 0) is 0 Å². The Morgan fingerprint density at radius 1 is 1.12 bits per heavy atom. The molecule has 1 aromatic rings. The van der Waals surface area contributed by atoms with Crippen LogP contribution in [0.4, 0.5) is 5.69 Å². The Kier molecular flexibility index (Phi) is 7.11. The maximum absolute atomic E-state index is 9.41. The topological polar surface area (TPSA) is 118 Å². The van der Waals surface area contributed by atoms with Crippen LogP contribution in [0.25, 0.3) is 0 Å². The second-order valence-electron chi connectivity index (χ2n) is 2.85. The van der Waals surface area contributed by atoms with E-state index in [1.165, 1.54) is 6.07 Å². The summed E-state index contributed by atoms with van der Waals surface area (Å²) in [5.41, 5.74) is 5.67. The van der Waals surface area contributed by atoms with Crippen molar-refractivity contribution < 1.29 is 24.8 Å². The van der Waals surface area contributed by atoms with Crippen LogP contribution in [0.2, 0.25) is 0 Å². The third kappa shape index (κ3) is 4.51. The summed E-state index contributed by atoms with van der Waals surface area (Å²) in [6.07, 6.45) is 0. The Balaban J connectivity index is 0.00000256. The quantitative estimate of drug-likeness (QED) is 0.550. The Morgan fingerprint density at radius 2 is 1.65 bits per heavy atom. The van der Waals surface area contributed by atoms with E-state index in [4.69, 9.17) is 25.4 Å². The lowest BCUT2D eigenvalue weighted by Crippen LogP contribution is -2.08. The molecule has 0 aliphatic heterocycles. The number of hydrogen-bond acceptors (Lipinski definition) is 7. The fraction of sp³-hybridized carbons (Fsp3) is 0.444. The molecule has 7 nitrogen and oxygen atoms in total. The van der Waals surface area contributed by atoms with Gasteiger partial charge in [0.2, 0.25) is 5.88 Å². The van der Waals surface area contributed by atoms with Crippen LogP contribution in [0.5, 0.6) is 17.5 Å². The Bertz CT molecular complexity index is 321. The van der Waals surface area contributed by atoms with Crippen molar-refractivity contribution in [2.24, 2.45) is 0 Å². The predicted molar refractivity (Wildman–Crippen MR) is 62.7 cm³/mol. The van der Waals surface area contributed by atoms with Gasteiger partial charge in [0.1, 0.15) is 13.2 Å². The first-order chi connectivity index (χ1) is 7.69. The smallest absolute Gasteiger partial charge is 0.260 e. The number of aliphatic hydroxyl groups is 2. The number of anilines is 1. The molecule has 5 N–H and O–H groups in total. The first-order valence-corrected chi connectivity index (χ1v) is 4.65. The molecule has 0 radical (unpaired) electrons. The highest BCUT2D eigenvalue weighted by Gasteiger charge is 2.11. The maximum Gasteiger partial charge on any atom is 0.260 e. The van der Waals surface area contributed by atoms with Gasteiger partial charge in [0, 0.05) is 6.07 Å². The van der Waals surface area contributed by atoms with E-state index in [2.05, 4.69) is 4.98 Å². The summed E-state index contributed by atoms with van der Waals surface area (Å²) in [4.78, 5) is 3.81. The molecule has 0 bridgehead atoms. The van der Waals surface area contributed by atoms with E-state index in [-0.39, 0.29) is 62.0 Å². The number of aromatic nitrogens is 1. The number of nitrogen functional groups attached to an aromatic ring is 1. The number of halogens is 1. The summed E-state index contributed by atoms with van der Waals surface area (Å²) >= 11 is 0. The summed E-state index contributed by atoms with van der Waals surface area (Å²) in [6, 6.07) is 1.23. The van der Waals surface area contributed by atoms with E-state index in [1.807, 2.05) is 0 Å². The molecular formula is C9H15ClN2O5. The largest absolute Gasteiger partial charge is 0.503 e. The predicted octanol–water partition coefficient (Wildman–Crippen LogP) is -0.467. The van der Waals surface area contributed by atoms with Crippen LogP contribution in [0.15, 0.2) is 6.07 Å². The molecule has 1 heterocycles. The third-order valence-electron chi connectivity index (χ3n) is 1.62. The molecule has 0 saturated heterocycles. The van der Waals surface area contributed by atoms with Crippen LogP contribution >= 0.6 is 12.4 Å². The summed E-state index contributed by atoms with van der Waals surface area (Å²) in [6.45, 7) is -0.321. The molecule has 0 atom stereocenters. The van der Waals surface area contributed by atoms with Gasteiger partial charge in [0.05, 0.1) is 18.9 Å². The zero-order chi connectivity index (χ0) is 12.0. The average Bonchev–Trinajstić information content (AvgIpc) is 2.26. The minimum Gasteiger partial charge on any atom is -0.503 e. The highest BCUT2D eigenvalue weighted by Crippen LogP contribution is 2.31. The van der Waals surface area contributed by atoms with Crippen LogP contribution < -0.4 is 15.2 Å². The highest BCUT2D eigenvalue weighted by molar-refractivity contribution is 5.85. The van der Waals surface area contributed by atoms with Gasteiger partial charge in [0.15, 0.2) is 5.75 Å². The van der Waals surface area contributed by atoms with Crippen LogP contribution in [0, 0.1) is 0 Å². The van der Waals surface area contributed by atoms with E-state index in [0.29, 0.717) is 0 Å². The summed E-state index contributed by atoms with van der Waals surface area (Å²) in [5.74, 6) is -0.238. The lowest BCUT2D eigenvalue weighted by atomic mass is 10.4. The van der Waals surface area contributed by atoms with Crippen molar-refractivity contribution in [2.75, 3.05) is 32.2 Å². The van der Waals surface area contributed by atoms with Crippen LogP contribution in [-0.2, 0) is 0 Å². The van der Waals surface area contributed by atoms with Crippen molar-refractivity contribution in [3.05, 3.63) is 6.07 Å². The van der Waals surface area contributed by atoms with Gasteiger partial charge in [-0.2, -0.15) is 4.98 Å². The number of nitrogens with zero attached hydrogens (tertiary/aromatic N) is 1. The van der Waals surface area contributed by atoms with Gasteiger partial charge < -0.3 is 30.5 Å². The molecule has 0 unspecified atom stereocenters. The number of hydrogen-bond donors (Lipinski definition) is 4. The SMILES string of the molecule is Cl.Nc1cc(O)c(OCCO)nc1OCCO. The number of rotatable bonds is 6. The van der Waals surface area contributed by atoms with E-state index in [9.17, 15) is 5.11 Å². The summed E-state index contributed by atoms with van der Waals surface area (Å²) in [5, 5.41) is 26.6. The molecule has 17 heavy (non-hydrogen) atoms. The molecule has 98 valence electrons. The zero-order valence-corrected chi connectivity index (χ0v) is 9.81. The van der Waals surface area contributed by atoms with Crippen LogP contribution in [0.3, 0.4) is 0 Å². The first kappa shape index (κ1) is 15.6. The van der Waals surface area contributed by atoms with Gasteiger partial charge in [0.25, 0.3) is 5.88 Å². The Labute approximate surface area is 104 Å². The van der Waals surface area contributed by atoms with Gasteiger partial charge in [-0.15, -0.1) is 12.4 Å². The molecular weight excluding hydrogens is 252 g/mol. The minimum atomic E-state index is -0.234. The van der Waals surface area contributed by atoms with Gasteiger partial charge in [-0.25, -0.2) is 0 Å². The van der Waals surface area contributed by atoms with Crippen molar-refractivity contribution >= 4 is 18.1 Å². The fourth-order valence-electron chi connectivity index (χ4n) is 0.991. The molecule has 1 rings (SSSR count). The molecule has 0 fully saturated rings. The Hall–Kier alpha value is -1.44. The second kappa shape index (κ2) is 7.77. The van der Waals surface area contributed by atoms with E-state index in [1.54, 1.807) is 0 Å². The number of aliphatic hydroxyl groups excluding tert-OH is 2. The molecule has 8 heteroatoms. The number of pyridine rings is 1. The molecule has 0 saturated carbocycles. The van der Waals surface area contributed by atoms with Gasteiger partial charge >= 0.3 is 0 Å². The van der Waals surface area contributed by atoms with Crippen molar-refractivity contribution in [2.45, 2.75) is 0 Å². The minimum absolute atomic E-state index is 0. The lowest BCUT2D eigenvalue weighted by molar-refractivity contribution is 0.182. The maximum atomic E-state index is 9.41.